The van der Waals surface area contributed by atoms with Gasteiger partial charge in [-0.15, -0.1) is 0 Å². The first-order valence-corrected chi connectivity index (χ1v) is 3.48. The summed E-state index contributed by atoms with van der Waals surface area (Å²) in [5.74, 6) is -1.27. The smallest absolute Gasteiger partial charge is 0.171 e. The fraction of sp³-hybridized carbons (Fsp3) is 1.00. The van der Waals surface area contributed by atoms with E-state index in [-0.39, 0.29) is 0 Å². The van der Waals surface area contributed by atoms with E-state index in [1.807, 2.05) is 0 Å². The van der Waals surface area contributed by atoms with Crippen LogP contribution in [0.15, 0.2) is 0 Å². The third-order valence-corrected chi connectivity index (χ3v) is 2.00. The molecule has 9 heavy (non-hydrogen) atoms. The van der Waals surface area contributed by atoms with Gasteiger partial charge < -0.3 is 0 Å². The van der Waals surface area contributed by atoms with Gasteiger partial charge in [0.2, 0.25) is 0 Å². The molecule has 0 bridgehead atoms. The van der Waals surface area contributed by atoms with E-state index in [1.165, 1.54) is 6.92 Å². The molecule has 0 amide bonds. The van der Waals surface area contributed by atoms with Crippen LogP contribution in [-0.2, 0) is 0 Å². The second-order valence-corrected chi connectivity index (χ2v) is 3.45. The molecule has 0 N–H and O–H groups in total. The predicted molar refractivity (Wildman–Crippen MR) is 33.6 cm³/mol. The van der Waals surface area contributed by atoms with Gasteiger partial charge in [-0.1, -0.05) is 29.8 Å². The second-order valence-electron chi connectivity index (χ2n) is 2.01. The van der Waals surface area contributed by atoms with Gasteiger partial charge in [0, 0.05) is 4.83 Å². The highest BCUT2D eigenvalue weighted by Crippen LogP contribution is 2.31. The van der Waals surface area contributed by atoms with E-state index in [2.05, 4.69) is 15.9 Å². The molecule has 0 heterocycles. The standard InChI is InChI=1S/C5H8BrF3/c1-3(4(2)6)5(7,8)9/h3-4H,1-2H3. The van der Waals surface area contributed by atoms with Crippen LogP contribution in [0.3, 0.4) is 0 Å². The van der Waals surface area contributed by atoms with E-state index >= 15 is 0 Å². The van der Waals surface area contributed by atoms with Crippen LogP contribution >= 0.6 is 15.9 Å². The first-order chi connectivity index (χ1) is 3.85. The fourth-order valence-corrected chi connectivity index (χ4v) is 0.560. The van der Waals surface area contributed by atoms with E-state index in [1.54, 1.807) is 0 Å². The van der Waals surface area contributed by atoms with Crippen molar-refractivity contribution in [2.75, 3.05) is 0 Å². The number of hydrogen-bond donors (Lipinski definition) is 0. The van der Waals surface area contributed by atoms with E-state index in [4.69, 9.17) is 0 Å². The van der Waals surface area contributed by atoms with E-state index in [0.717, 1.165) is 6.92 Å². The first-order valence-electron chi connectivity index (χ1n) is 2.56. The largest absolute Gasteiger partial charge is 0.392 e. The molecule has 0 spiro atoms. The molecular formula is C5H8BrF3. The molecule has 2 unspecified atom stereocenters. The van der Waals surface area contributed by atoms with E-state index < -0.39 is 16.9 Å². The molecule has 0 aliphatic rings. The highest BCUT2D eigenvalue weighted by Gasteiger charge is 2.38. The van der Waals surface area contributed by atoms with Gasteiger partial charge in [0.15, 0.2) is 0 Å². The highest BCUT2D eigenvalue weighted by atomic mass is 79.9. The van der Waals surface area contributed by atoms with Gasteiger partial charge >= 0.3 is 6.18 Å². The Hall–Kier alpha value is 0.270. The lowest BCUT2D eigenvalue weighted by Crippen LogP contribution is -2.25. The van der Waals surface area contributed by atoms with Gasteiger partial charge in [-0.05, 0) is 0 Å². The minimum atomic E-state index is -4.07. The first kappa shape index (κ1) is 9.27. The minimum absolute atomic E-state index is 0.502. The summed E-state index contributed by atoms with van der Waals surface area (Å²) in [6.07, 6.45) is -4.07. The maximum absolute atomic E-state index is 11.7. The van der Waals surface area contributed by atoms with Crippen LogP contribution in [0.1, 0.15) is 13.8 Å². The van der Waals surface area contributed by atoms with Crippen molar-refractivity contribution in [1.29, 1.82) is 0 Å². The van der Waals surface area contributed by atoms with Crippen LogP contribution < -0.4 is 0 Å². The Morgan fingerprint density at radius 3 is 1.56 bits per heavy atom. The van der Waals surface area contributed by atoms with E-state index in [0.29, 0.717) is 0 Å². The van der Waals surface area contributed by atoms with Crippen molar-refractivity contribution in [3.05, 3.63) is 0 Å². The van der Waals surface area contributed by atoms with Crippen molar-refractivity contribution in [2.24, 2.45) is 5.92 Å². The number of halogens is 4. The molecule has 4 heteroatoms. The van der Waals surface area contributed by atoms with Crippen molar-refractivity contribution in [1.82, 2.24) is 0 Å². The van der Waals surface area contributed by atoms with Crippen LogP contribution in [0.25, 0.3) is 0 Å². The molecule has 0 radical (unpaired) electrons. The average Bonchev–Trinajstić information content (AvgIpc) is 1.62. The van der Waals surface area contributed by atoms with Gasteiger partial charge in [-0.3, -0.25) is 0 Å². The van der Waals surface area contributed by atoms with Gasteiger partial charge in [-0.25, -0.2) is 0 Å². The Labute approximate surface area is 60.6 Å². The molecule has 0 aliphatic carbocycles. The second kappa shape index (κ2) is 2.90. The van der Waals surface area contributed by atoms with Crippen molar-refractivity contribution in [3.8, 4) is 0 Å². The van der Waals surface area contributed by atoms with Gasteiger partial charge in [-0.2, -0.15) is 13.2 Å². The molecule has 0 nitrogen and oxygen atoms in total. The quantitative estimate of drug-likeness (QED) is 0.577. The zero-order valence-electron chi connectivity index (χ0n) is 5.17. The summed E-state index contributed by atoms with van der Waals surface area (Å²) in [7, 11) is 0. The van der Waals surface area contributed by atoms with Gasteiger partial charge in [0.25, 0.3) is 0 Å². The number of hydrogen-bond acceptors (Lipinski definition) is 0. The molecule has 0 aromatic rings. The summed E-state index contributed by atoms with van der Waals surface area (Å²) in [6, 6.07) is 0. The van der Waals surface area contributed by atoms with Crippen molar-refractivity contribution >= 4 is 15.9 Å². The highest BCUT2D eigenvalue weighted by molar-refractivity contribution is 9.09. The maximum Gasteiger partial charge on any atom is 0.392 e. The van der Waals surface area contributed by atoms with Crippen molar-refractivity contribution < 1.29 is 13.2 Å². The summed E-state index contributed by atoms with van der Waals surface area (Å²) in [5, 5.41) is 0. The third kappa shape index (κ3) is 3.08. The minimum Gasteiger partial charge on any atom is -0.171 e. The Morgan fingerprint density at radius 2 is 1.56 bits per heavy atom. The molecular weight excluding hydrogens is 197 g/mol. The van der Waals surface area contributed by atoms with Gasteiger partial charge in [0.05, 0.1) is 5.92 Å². The molecule has 0 saturated heterocycles. The van der Waals surface area contributed by atoms with Gasteiger partial charge in [0.1, 0.15) is 0 Å². The topological polar surface area (TPSA) is 0 Å². The molecule has 2 atom stereocenters. The summed E-state index contributed by atoms with van der Waals surface area (Å²) < 4.78 is 35.0. The predicted octanol–water partition coefficient (Wildman–Crippen LogP) is 2.97. The van der Waals surface area contributed by atoms with Crippen LogP contribution in [0.2, 0.25) is 0 Å². The average molecular weight is 205 g/mol. The number of rotatable bonds is 1. The Kier molecular flexibility index (Phi) is 2.99. The molecule has 0 rings (SSSR count). The zero-order valence-corrected chi connectivity index (χ0v) is 6.75. The third-order valence-electron chi connectivity index (χ3n) is 1.21. The van der Waals surface area contributed by atoms with Crippen molar-refractivity contribution in [2.45, 2.75) is 24.9 Å². The SMILES string of the molecule is CC(Br)C(C)C(F)(F)F. The Morgan fingerprint density at radius 1 is 1.22 bits per heavy atom. The lowest BCUT2D eigenvalue weighted by Gasteiger charge is -2.16. The summed E-state index contributed by atoms with van der Waals surface area (Å²) in [5.41, 5.74) is 0. The molecule has 0 aromatic carbocycles. The summed E-state index contributed by atoms with van der Waals surface area (Å²) in [4.78, 5) is -0.502. The molecule has 0 fully saturated rings. The lowest BCUT2D eigenvalue weighted by molar-refractivity contribution is -0.167. The summed E-state index contributed by atoms with van der Waals surface area (Å²) in [6.45, 7) is 2.64. The van der Waals surface area contributed by atoms with Crippen LogP contribution in [0, 0.1) is 5.92 Å². The zero-order chi connectivity index (χ0) is 7.65. The molecule has 0 aliphatic heterocycles. The lowest BCUT2D eigenvalue weighted by atomic mass is 10.1. The molecule has 0 saturated carbocycles. The summed E-state index contributed by atoms with van der Waals surface area (Å²) >= 11 is 2.86. The van der Waals surface area contributed by atoms with Crippen LogP contribution in [0.4, 0.5) is 13.2 Å². The Bertz CT molecular complexity index is 86.7. The molecule has 56 valence electrons. The van der Waals surface area contributed by atoms with Crippen molar-refractivity contribution in [3.63, 3.8) is 0 Å². The van der Waals surface area contributed by atoms with Crippen LogP contribution in [-0.4, -0.2) is 11.0 Å². The molecule has 0 aromatic heterocycles. The monoisotopic (exact) mass is 204 g/mol. The Balaban J connectivity index is 3.88. The fourth-order valence-electron chi connectivity index (χ4n) is 0.260. The van der Waals surface area contributed by atoms with E-state index in [9.17, 15) is 13.2 Å². The number of alkyl halides is 4. The maximum atomic E-state index is 11.7. The van der Waals surface area contributed by atoms with Crippen LogP contribution in [0.5, 0.6) is 0 Å². The normalized spacial score (nSPS) is 19.3.